The van der Waals surface area contributed by atoms with Crippen molar-refractivity contribution in [3.05, 3.63) is 28.3 Å². The van der Waals surface area contributed by atoms with E-state index in [1.807, 2.05) is 0 Å². The van der Waals surface area contributed by atoms with Gasteiger partial charge in [-0.05, 0) is 49.4 Å². The molecule has 3 nitrogen and oxygen atoms in total. The first-order valence-electron chi connectivity index (χ1n) is 6.35. The van der Waals surface area contributed by atoms with Crippen LogP contribution in [0.5, 0.6) is 5.75 Å². The summed E-state index contributed by atoms with van der Waals surface area (Å²) < 4.78 is 10.7. The van der Waals surface area contributed by atoms with Gasteiger partial charge in [0.25, 0.3) is 0 Å². The van der Waals surface area contributed by atoms with Gasteiger partial charge in [0.05, 0.1) is 26.9 Å². The van der Waals surface area contributed by atoms with Gasteiger partial charge in [-0.15, -0.1) is 0 Å². The maximum atomic E-state index is 9.52. The standard InChI is InChI=1S/C15H22O3/c1-10-5-13(6-15(7-16)8-18-9-15)11(2)12(3)14(10)17-4/h5,16H,6-9H2,1-4H3. The first-order chi connectivity index (χ1) is 8.53. The molecule has 0 amide bonds. The third-order valence-corrected chi connectivity index (χ3v) is 4.06. The number of rotatable bonds is 4. The number of ether oxygens (including phenoxy) is 2. The largest absolute Gasteiger partial charge is 0.496 e. The minimum atomic E-state index is -0.0712. The molecule has 0 saturated carbocycles. The summed E-state index contributed by atoms with van der Waals surface area (Å²) in [7, 11) is 1.71. The molecule has 1 heterocycles. The van der Waals surface area contributed by atoms with Crippen molar-refractivity contribution in [3.8, 4) is 5.75 Å². The lowest BCUT2D eigenvalue weighted by atomic mass is 9.78. The van der Waals surface area contributed by atoms with Gasteiger partial charge in [-0.2, -0.15) is 0 Å². The number of aliphatic hydroxyl groups is 1. The van der Waals surface area contributed by atoms with Crippen LogP contribution >= 0.6 is 0 Å². The Morgan fingerprint density at radius 2 is 1.94 bits per heavy atom. The molecule has 1 aromatic carbocycles. The summed E-state index contributed by atoms with van der Waals surface area (Å²) in [6, 6.07) is 2.18. The molecule has 1 aliphatic heterocycles. The van der Waals surface area contributed by atoms with E-state index in [0.29, 0.717) is 13.2 Å². The van der Waals surface area contributed by atoms with Gasteiger partial charge in [0, 0.05) is 5.41 Å². The van der Waals surface area contributed by atoms with Crippen LogP contribution in [0.3, 0.4) is 0 Å². The molecule has 1 aromatic rings. The van der Waals surface area contributed by atoms with Crippen molar-refractivity contribution < 1.29 is 14.6 Å². The number of aliphatic hydroxyl groups excluding tert-OH is 1. The van der Waals surface area contributed by atoms with Crippen molar-refractivity contribution in [3.63, 3.8) is 0 Å². The van der Waals surface area contributed by atoms with E-state index in [-0.39, 0.29) is 12.0 Å². The van der Waals surface area contributed by atoms with Crippen molar-refractivity contribution in [1.82, 2.24) is 0 Å². The fraction of sp³-hybridized carbons (Fsp3) is 0.600. The molecule has 2 rings (SSSR count). The van der Waals surface area contributed by atoms with Crippen LogP contribution in [0.2, 0.25) is 0 Å². The molecule has 0 atom stereocenters. The zero-order valence-corrected chi connectivity index (χ0v) is 11.7. The number of hydrogen-bond acceptors (Lipinski definition) is 3. The van der Waals surface area contributed by atoms with Gasteiger partial charge in [-0.25, -0.2) is 0 Å². The van der Waals surface area contributed by atoms with E-state index >= 15 is 0 Å². The lowest BCUT2D eigenvalue weighted by Crippen LogP contribution is -2.47. The predicted molar refractivity (Wildman–Crippen MR) is 71.2 cm³/mol. The van der Waals surface area contributed by atoms with Gasteiger partial charge in [0.15, 0.2) is 0 Å². The molecule has 0 radical (unpaired) electrons. The van der Waals surface area contributed by atoms with E-state index in [2.05, 4.69) is 26.8 Å². The smallest absolute Gasteiger partial charge is 0.124 e. The molecule has 0 unspecified atom stereocenters. The Morgan fingerprint density at radius 3 is 2.39 bits per heavy atom. The summed E-state index contributed by atoms with van der Waals surface area (Å²) in [5.74, 6) is 0.971. The Balaban J connectivity index is 2.34. The Hall–Kier alpha value is -1.06. The zero-order chi connectivity index (χ0) is 13.3. The van der Waals surface area contributed by atoms with Crippen LogP contribution in [-0.2, 0) is 11.2 Å². The summed E-state index contributed by atoms with van der Waals surface area (Å²) in [6.45, 7) is 7.79. The van der Waals surface area contributed by atoms with Gasteiger partial charge in [0.1, 0.15) is 5.75 Å². The molecule has 0 bridgehead atoms. The maximum absolute atomic E-state index is 9.52. The van der Waals surface area contributed by atoms with Crippen molar-refractivity contribution in [1.29, 1.82) is 0 Å². The first-order valence-corrected chi connectivity index (χ1v) is 6.35. The van der Waals surface area contributed by atoms with Crippen LogP contribution in [0, 0.1) is 26.2 Å². The molecule has 0 aliphatic carbocycles. The highest BCUT2D eigenvalue weighted by atomic mass is 16.5. The lowest BCUT2D eigenvalue weighted by Gasteiger charge is -2.40. The summed E-state index contributed by atoms with van der Waals surface area (Å²) in [5, 5.41) is 9.52. The number of methoxy groups -OCH3 is 1. The highest BCUT2D eigenvalue weighted by Gasteiger charge is 2.38. The van der Waals surface area contributed by atoms with E-state index in [9.17, 15) is 5.11 Å². The van der Waals surface area contributed by atoms with Crippen LogP contribution in [0.25, 0.3) is 0 Å². The summed E-state index contributed by atoms with van der Waals surface area (Å²) in [5.41, 5.74) is 4.84. The number of hydrogen-bond donors (Lipinski definition) is 1. The maximum Gasteiger partial charge on any atom is 0.124 e. The van der Waals surface area contributed by atoms with Crippen LogP contribution in [-0.4, -0.2) is 32.0 Å². The summed E-state index contributed by atoms with van der Waals surface area (Å²) in [6.07, 6.45) is 0.876. The zero-order valence-electron chi connectivity index (χ0n) is 11.7. The third-order valence-electron chi connectivity index (χ3n) is 4.06. The van der Waals surface area contributed by atoms with Crippen LogP contribution in [0.1, 0.15) is 22.3 Å². The van der Waals surface area contributed by atoms with E-state index in [0.717, 1.165) is 17.7 Å². The fourth-order valence-electron chi connectivity index (χ4n) is 2.68. The minimum Gasteiger partial charge on any atom is -0.496 e. The van der Waals surface area contributed by atoms with Crippen LogP contribution in [0.4, 0.5) is 0 Å². The third kappa shape index (κ3) is 2.13. The fourth-order valence-corrected chi connectivity index (χ4v) is 2.68. The molecule has 1 fully saturated rings. The van der Waals surface area contributed by atoms with Gasteiger partial charge in [0.2, 0.25) is 0 Å². The summed E-state index contributed by atoms with van der Waals surface area (Å²) >= 11 is 0. The lowest BCUT2D eigenvalue weighted by molar-refractivity contribution is -0.136. The molecule has 1 aliphatic rings. The van der Waals surface area contributed by atoms with Gasteiger partial charge in [-0.1, -0.05) is 6.07 Å². The van der Waals surface area contributed by atoms with Crippen molar-refractivity contribution >= 4 is 0 Å². The molecular formula is C15H22O3. The first kappa shape index (κ1) is 13.4. The van der Waals surface area contributed by atoms with Crippen LogP contribution in [0.15, 0.2) is 6.07 Å². The van der Waals surface area contributed by atoms with Gasteiger partial charge >= 0.3 is 0 Å². The second-order valence-corrected chi connectivity index (χ2v) is 5.46. The molecule has 1 saturated heterocycles. The van der Waals surface area contributed by atoms with Crippen molar-refractivity contribution in [2.75, 3.05) is 26.9 Å². The van der Waals surface area contributed by atoms with E-state index in [4.69, 9.17) is 9.47 Å². The topological polar surface area (TPSA) is 38.7 Å². The van der Waals surface area contributed by atoms with Gasteiger partial charge < -0.3 is 14.6 Å². The molecule has 0 spiro atoms. The van der Waals surface area contributed by atoms with Crippen LogP contribution < -0.4 is 4.74 Å². The quantitative estimate of drug-likeness (QED) is 0.890. The molecular weight excluding hydrogens is 228 g/mol. The predicted octanol–water partition coefficient (Wildman–Crippen LogP) is 2.17. The highest BCUT2D eigenvalue weighted by Crippen LogP contribution is 2.35. The molecule has 0 aromatic heterocycles. The Bertz CT molecular complexity index is 442. The van der Waals surface area contributed by atoms with Gasteiger partial charge in [-0.3, -0.25) is 0 Å². The summed E-state index contributed by atoms with van der Waals surface area (Å²) in [4.78, 5) is 0. The second-order valence-electron chi connectivity index (χ2n) is 5.46. The monoisotopic (exact) mass is 250 g/mol. The molecule has 18 heavy (non-hydrogen) atoms. The normalized spacial score (nSPS) is 17.4. The number of aryl methyl sites for hydroxylation is 1. The number of benzene rings is 1. The minimum absolute atomic E-state index is 0.0712. The van der Waals surface area contributed by atoms with Crippen molar-refractivity contribution in [2.45, 2.75) is 27.2 Å². The Kier molecular flexibility index (Phi) is 3.64. The van der Waals surface area contributed by atoms with Crippen molar-refractivity contribution in [2.24, 2.45) is 5.41 Å². The van der Waals surface area contributed by atoms with E-state index in [1.165, 1.54) is 16.7 Å². The molecule has 3 heteroatoms. The average molecular weight is 250 g/mol. The second kappa shape index (κ2) is 4.90. The average Bonchev–Trinajstić information content (AvgIpc) is 2.30. The molecule has 1 N–H and O–H groups in total. The van der Waals surface area contributed by atoms with E-state index < -0.39 is 0 Å². The highest BCUT2D eigenvalue weighted by molar-refractivity contribution is 5.49. The Morgan fingerprint density at radius 1 is 1.28 bits per heavy atom. The molecule has 100 valence electrons. The van der Waals surface area contributed by atoms with E-state index in [1.54, 1.807) is 7.11 Å². The Labute approximate surface area is 109 Å². The SMILES string of the molecule is COc1c(C)cc(CC2(CO)COC2)c(C)c1C.